The van der Waals surface area contributed by atoms with Crippen LogP contribution >= 0.6 is 27.3 Å². The molecule has 0 radical (unpaired) electrons. The van der Waals surface area contributed by atoms with Crippen LogP contribution in [-0.2, 0) is 5.41 Å². The van der Waals surface area contributed by atoms with Crippen molar-refractivity contribution in [2.75, 3.05) is 6.54 Å². The Balaban J connectivity index is 2.30. The molecule has 1 aromatic heterocycles. The van der Waals surface area contributed by atoms with Crippen molar-refractivity contribution >= 4 is 27.3 Å². The minimum Gasteiger partial charge on any atom is -0.330 e. The number of aromatic nitrogens is 1. The predicted octanol–water partition coefficient (Wildman–Crippen LogP) is 2.68. The molecule has 13 heavy (non-hydrogen) atoms. The minimum atomic E-state index is 0.197. The molecule has 0 atom stereocenters. The summed E-state index contributed by atoms with van der Waals surface area (Å²) in [5.74, 6) is 0. The second-order valence-corrected chi connectivity index (χ2v) is 5.81. The molecule has 0 saturated heterocycles. The maximum atomic E-state index is 5.86. The monoisotopic (exact) mass is 260 g/mol. The van der Waals surface area contributed by atoms with Crippen LogP contribution < -0.4 is 5.73 Å². The SMILES string of the molecule is NCC1(c2csc(Br)n2)CCCC1. The van der Waals surface area contributed by atoms with Crippen LogP contribution in [0.5, 0.6) is 0 Å². The van der Waals surface area contributed by atoms with Gasteiger partial charge in [-0.05, 0) is 28.8 Å². The van der Waals surface area contributed by atoms with E-state index in [4.69, 9.17) is 5.73 Å². The number of thiazole rings is 1. The van der Waals surface area contributed by atoms with E-state index < -0.39 is 0 Å². The lowest BCUT2D eigenvalue weighted by Gasteiger charge is -2.24. The first-order valence-corrected chi connectivity index (χ1v) is 6.26. The molecule has 72 valence electrons. The molecule has 0 spiro atoms. The van der Waals surface area contributed by atoms with Gasteiger partial charge in [-0.25, -0.2) is 4.98 Å². The zero-order valence-corrected chi connectivity index (χ0v) is 9.83. The van der Waals surface area contributed by atoms with E-state index >= 15 is 0 Å². The standard InChI is InChI=1S/C9H13BrN2S/c10-8-12-7(5-13-8)9(6-11)3-1-2-4-9/h5H,1-4,6,11H2. The second kappa shape index (κ2) is 3.67. The highest BCUT2D eigenvalue weighted by atomic mass is 79.9. The third-order valence-corrected chi connectivity index (χ3v) is 4.34. The summed E-state index contributed by atoms with van der Waals surface area (Å²) in [5.41, 5.74) is 7.25. The first-order valence-electron chi connectivity index (χ1n) is 4.58. The summed E-state index contributed by atoms with van der Waals surface area (Å²) in [6.45, 7) is 0.739. The molecule has 4 heteroatoms. The molecule has 1 aromatic rings. The van der Waals surface area contributed by atoms with Crippen LogP contribution in [-0.4, -0.2) is 11.5 Å². The van der Waals surface area contributed by atoms with E-state index in [0.717, 1.165) is 10.5 Å². The smallest absolute Gasteiger partial charge is 0.159 e. The fourth-order valence-corrected chi connectivity index (χ4v) is 3.25. The summed E-state index contributed by atoms with van der Waals surface area (Å²) in [6.07, 6.45) is 5.01. The van der Waals surface area contributed by atoms with Gasteiger partial charge in [0, 0.05) is 17.3 Å². The van der Waals surface area contributed by atoms with Crippen molar-refractivity contribution in [3.05, 3.63) is 15.0 Å². The zero-order valence-electron chi connectivity index (χ0n) is 7.42. The molecule has 1 saturated carbocycles. The molecule has 0 aliphatic heterocycles. The van der Waals surface area contributed by atoms with Crippen LogP contribution in [0.2, 0.25) is 0 Å². The Hall–Kier alpha value is 0.0700. The van der Waals surface area contributed by atoms with Crippen LogP contribution in [0.15, 0.2) is 9.30 Å². The van der Waals surface area contributed by atoms with Gasteiger partial charge < -0.3 is 5.73 Å². The number of nitrogens with two attached hydrogens (primary N) is 1. The van der Waals surface area contributed by atoms with Crippen molar-refractivity contribution in [2.24, 2.45) is 5.73 Å². The third kappa shape index (κ3) is 1.67. The Morgan fingerprint density at radius 3 is 2.69 bits per heavy atom. The molecule has 1 fully saturated rings. The van der Waals surface area contributed by atoms with Crippen molar-refractivity contribution in [3.63, 3.8) is 0 Å². The minimum absolute atomic E-state index is 0.197. The molecular weight excluding hydrogens is 248 g/mol. The maximum Gasteiger partial charge on any atom is 0.159 e. The first kappa shape index (κ1) is 9.62. The first-order chi connectivity index (χ1) is 6.27. The van der Waals surface area contributed by atoms with Gasteiger partial charge >= 0.3 is 0 Å². The van der Waals surface area contributed by atoms with Gasteiger partial charge in [0.05, 0.1) is 5.69 Å². The highest BCUT2D eigenvalue weighted by Gasteiger charge is 2.36. The molecule has 0 aromatic carbocycles. The highest BCUT2D eigenvalue weighted by molar-refractivity contribution is 9.11. The molecule has 2 rings (SSSR count). The average Bonchev–Trinajstić information content (AvgIpc) is 2.73. The van der Waals surface area contributed by atoms with Crippen LogP contribution in [0, 0.1) is 0 Å². The van der Waals surface area contributed by atoms with Crippen molar-refractivity contribution in [3.8, 4) is 0 Å². The Morgan fingerprint density at radius 2 is 2.23 bits per heavy atom. The Kier molecular flexibility index (Phi) is 2.72. The largest absolute Gasteiger partial charge is 0.330 e. The average molecular weight is 261 g/mol. The van der Waals surface area contributed by atoms with Gasteiger partial charge in [0.2, 0.25) is 0 Å². The summed E-state index contributed by atoms with van der Waals surface area (Å²) in [4.78, 5) is 4.49. The summed E-state index contributed by atoms with van der Waals surface area (Å²) in [5, 5.41) is 2.14. The topological polar surface area (TPSA) is 38.9 Å². The summed E-state index contributed by atoms with van der Waals surface area (Å²) in [6, 6.07) is 0. The van der Waals surface area contributed by atoms with Gasteiger partial charge in [-0.15, -0.1) is 11.3 Å². The molecule has 0 unspecified atom stereocenters. The number of nitrogens with zero attached hydrogens (tertiary/aromatic N) is 1. The van der Waals surface area contributed by atoms with E-state index in [-0.39, 0.29) is 5.41 Å². The fraction of sp³-hybridized carbons (Fsp3) is 0.667. The van der Waals surface area contributed by atoms with E-state index in [0.29, 0.717) is 0 Å². The molecule has 0 bridgehead atoms. The number of halogens is 1. The van der Waals surface area contributed by atoms with Crippen molar-refractivity contribution in [2.45, 2.75) is 31.1 Å². The molecular formula is C9H13BrN2S. The van der Waals surface area contributed by atoms with E-state index in [1.54, 1.807) is 11.3 Å². The van der Waals surface area contributed by atoms with Gasteiger partial charge in [0.25, 0.3) is 0 Å². The van der Waals surface area contributed by atoms with Gasteiger partial charge in [-0.2, -0.15) is 0 Å². The van der Waals surface area contributed by atoms with Gasteiger partial charge in [-0.3, -0.25) is 0 Å². The molecule has 1 heterocycles. The van der Waals surface area contributed by atoms with Gasteiger partial charge in [0.1, 0.15) is 0 Å². The Morgan fingerprint density at radius 1 is 1.54 bits per heavy atom. The number of hydrogen-bond donors (Lipinski definition) is 1. The van der Waals surface area contributed by atoms with Crippen LogP contribution in [0.4, 0.5) is 0 Å². The molecule has 2 N–H and O–H groups in total. The van der Waals surface area contributed by atoms with E-state index in [1.165, 1.54) is 31.4 Å². The summed E-state index contributed by atoms with van der Waals surface area (Å²) < 4.78 is 0.974. The molecule has 0 amide bonds. The fourth-order valence-electron chi connectivity index (χ4n) is 2.11. The van der Waals surface area contributed by atoms with Crippen molar-refractivity contribution < 1.29 is 0 Å². The molecule has 1 aliphatic rings. The Labute approximate surface area is 90.7 Å². The van der Waals surface area contributed by atoms with Gasteiger partial charge in [0.15, 0.2) is 3.92 Å². The van der Waals surface area contributed by atoms with Crippen LogP contribution in [0.1, 0.15) is 31.4 Å². The lowest BCUT2D eigenvalue weighted by Crippen LogP contribution is -2.32. The normalized spacial score (nSPS) is 20.8. The van der Waals surface area contributed by atoms with E-state index in [9.17, 15) is 0 Å². The molecule has 2 nitrogen and oxygen atoms in total. The Bertz CT molecular complexity index is 292. The second-order valence-electron chi connectivity index (χ2n) is 3.68. The van der Waals surface area contributed by atoms with Gasteiger partial charge in [-0.1, -0.05) is 12.8 Å². The lowest BCUT2D eigenvalue weighted by atomic mass is 9.83. The third-order valence-electron chi connectivity index (χ3n) is 2.97. The van der Waals surface area contributed by atoms with Crippen molar-refractivity contribution in [1.29, 1.82) is 0 Å². The van der Waals surface area contributed by atoms with E-state index in [2.05, 4.69) is 26.3 Å². The predicted molar refractivity (Wildman–Crippen MR) is 59.0 cm³/mol. The van der Waals surface area contributed by atoms with Crippen LogP contribution in [0.25, 0.3) is 0 Å². The summed E-state index contributed by atoms with van der Waals surface area (Å²) in [7, 11) is 0. The van der Waals surface area contributed by atoms with Crippen LogP contribution in [0.3, 0.4) is 0 Å². The molecule has 1 aliphatic carbocycles. The van der Waals surface area contributed by atoms with Crippen molar-refractivity contribution in [1.82, 2.24) is 4.98 Å². The highest BCUT2D eigenvalue weighted by Crippen LogP contribution is 2.40. The number of rotatable bonds is 2. The quantitative estimate of drug-likeness (QED) is 0.888. The lowest BCUT2D eigenvalue weighted by molar-refractivity contribution is 0.441. The maximum absolute atomic E-state index is 5.86. The summed E-state index contributed by atoms with van der Waals surface area (Å²) >= 11 is 5.05. The zero-order chi connectivity index (χ0) is 9.31. The van der Waals surface area contributed by atoms with E-state index in [1.807, 2.05) is 0 Å². The number of hydrogen-bond acceptors (Lipinski definition) is 3.